The van der Waals surface area contributed by atoms with Gasteiger partial charge in [-0.2, -0.15) is 0 Å². The number of halogens is 2. The number of aliphatic carboxylic acids is 1. The van der Waals surface area contributed by atoms with Crippen molar-refractivity contribution in [1.82, 2.24) is 5.32 Å². The third kappa shape index (κ3) is 6.76. The molecule has 12 heteroatoms. The van der Waals surface area contributed by atoms with Gasteiger partial charge in [0.2, 0.25) is 5.91 Å². The van der Waals surface area contributed by atoms with Crippen molar-refractivity contribution in [3.63, 3.8) is 0 Å². The van der Waals surface area contributed by atoms with Crippen LogP contribution in [0, 0.1) is 5.92 Å². The first-order valence-corrected chi connectivity index (χ1v) is 13.3. The molecule has 0 radical (unpaired) electrons. The minimum Gasteiger partial charge on any atom is -0.479 e. The summed E-state index contributed by atoms with van der Waals surface area (Å²) in [6.07, 6.45) is 1.62. The van der Waals surface area contributed by atoms with Gasteiger partial charge >= 0.3 is 11.9 Å². The number of aromatic carboxylic acids is 1. The summed E-state index contributed by atoms with van der Waals surface area (Å²) < 4.78 is 5.18. The number of carbonyl (C=O) groups is 3. The number of carbonyl (C=O) groups excluding carboxylic acids is 1. The highest BCUT2D eigenvalue weighted by Crippen LogP contribution is 2.46. The fourth-order valence-electron chi connectivity index (χ4n) is 4.28. The van der Waals surface area contributed by atoms with Crippen LogP contribution in [0.15, 0.2) is 48.5 Å². The Bertz CT molecular complexity index is 1340. The smallest absolute Gasteiger partial charge is 0.349 e. The first kappa shape index (κ1) is 27.7. The molecule has 5 N–H and O–H groups in total. The predicted molar refractivity (Wildman–Crippen MR) is 148 cm³/mol. The molecule has 1 unspecified atom stereocenters. The highest BCUT2D eigenvalue weighted by Gasteiger charge is 2.30. The Kier molecular flexibility index (Phi) is 9.11. The quantitative estimate of drug-likeness (QED) is 0.219. The molecule has 0 saturated carbocycles. The molecule has 2 aromatic carbocycles. The van der Waals surface area contributed by atoms with Crippen LogP contribution in [0.4, 0.5) is 11.4 Å². The van der Waals surface area contributed by atoms with Gasteiger partial charge in [0.25, 0.3) is 0 Å². The minimum absolute atomic E-state index is 0.0133. The number of carboxylic acids is 2. The van der Waals surface area contributed by atoms with Crippen LogP contribution in [0.3, 0.4) is 0 Å². The van der Waals surface area contributed by atoms with Gasteiger partial charge in [-0.1, -0.05) is 41.4 Å². The summed E-state index contributed by atoms with van der Waals surface area (Å²) in [6.45, 7) is 0.877. The van der Waals surface area contributed by atoms with E-state index in [9.17, 15) is 19.5 Å². The molecular formula is C26H25Cl2N3O6S. The summed E-state index contributed by atoms with van der Waals surface area (Å²) in [4.78, 5) is 36.3. The van der Waals surface area contributed by atoms with Gasteiger partial charge in [-0.25, -0.2) is 9.59 Å². The average molecular weight is 578 g/mol. The molecule has 1 aromatic heterocycles. The molecule has 1 aliphatic rings. The van der Waals surface area contributed by atoms with Gasteiger partial charge in [0, 0.05) is 16.4 Å². The molecule has 2 heterocycles. The van der Waals surface area contributed by atoms with Crippen molar-refractivity contribution in [3.05, 3.63) is 63.5 Å². The van der Waals surface area contributed by atoms with Crippen molar-refractivity contribution in [3.8, 4) is 16.2 Å². The van der Waals surface area contributed by atoms with Crippen LogP contribution in [0.1, 0.15) is 22.5 Å². The number of anilines is 2. The number of carboxylic acid groups (broad SMARTS) is 2. The summed E-state index contributed by atoms with van der Waals surface area (Å²) in [5, 5.41) is 28.7. The number of ether oxygens (including phenoxy) is 1. The molecule has 38 heavy (non-hydrogen) atoms. The lowest BCUT2D eigenvalue weighted by atomic mass is 9.89. The van der Waals surface area contributed by atoms with Crippen LogP contribution in [-0.2, 0) is 9.59 Å². The average Bonchev–Trinajstić information content (AvgIpc) is 3.23. The van der Waals surface area contributed by atoms with Gasteiger partial charge in [-0.15, -0.1) is 11.3 Å². The number of amides is 1. The van der Waals surface area contributed by atoms with Crippen molar-refractivity contribution in [2.45, 2.75) is 18.9 Å². The van der Waals surface area contributed by atoms with Crippen molar-refractivity contribution in [2.75, 3.05) is 30.3 Å². The Hall–Kier alpha value is -3.31. The number of hydrogen-bond acceptors (Lipinski definition) is 7. The Balaban J connectivity index is 1.62. The van der Waals surface area contributed by atoms with E-state index in [0.717, 1.165) is 37.3 Å². The maximum atomic E-state index is 13.4. The van der Waals surface area contributed by atoms with E-state index in [-0.39, 0.29) is 27.5 Å². The Morgan fingerprint density at radius 1 is 1.05 bits per heavy atom. The fourth-order valence-corrected chi connectivity index (χ4v) is 5.87. The highest BCUT2D eigenvalue weighted by atomic mass is 35.5. The molecule has 0 bridgehead atoms. The summed E-state index contributed by atoms with van der Waals surface area (Å²) in [6, 6.07) is 13.5. The van der Waals surface area contributed by atoms with E-state index in [0.29, 0.717) is 26.8 Å². The van der Waals surface area contributed by atoms with Gasteiger partial charge in [0.15, 0.2) is 17.2 Å². The van der Waals surface area contributed by atoms with Gasteiger partial charge in [0.05, 0.1) is 4.88 Å². The highest BCUT2D eigenvalue weighted by molar-refractivity contribution is 7.18. The molecule has 3 aromatic rings. The van der Waals surface area contributed by atoms with Crippen LogP contribution in [0.25, 0.3) is 10.4 Å². The van der Waals surface area contributed by atoms with Crippen molar-refractivity contribution in [2.24, 2.45) is 5.92 Å². The topological polar surface area (TPSA) is 137 Å². The molecule has 0 spiro atoms. The van der Waals surface area contributed by atoms with E-state index < -0.39 is 24.6 Å². The Labute approximate surface area is 232 Å². The van der Waals surface area contributed by atoms with Crippen molar-refractivity contribution < 1.29 is 29.3 Å². The molecule has 1 saturated heterocycles. The van der Waals surface area contributed by atoms with E-state index in [2.05, 4.69) is 16.0 Å². The van der Waals surface area contributed by atoms with E-state index in [1.807, 2.05) is 6.07 Å². The van der Waals surface area contributed by atoms with E-state index in [4.69, 9.17) is 33.0 Å². The Morgan fingerprint density at radius 3 is 2.45 bits per heavy atom. The first-order chi connectivity index (χ1) is 18.2. The van der Waals surface area contributed by atoms with Crippen molar-refractivity contribution in [1.29, 1.82) is 0 Å². The Morgan fingerprint density at radius 2 is 1.76 bits per heavy atom. The first-order valence-electron chi connectivity index (χ1n) is 11.8. The predicted octanol–water partition coefficient (Wildman–Crippen LogP) is 5.30. The third-order valence-corrected chi connectivity index (χ3v) is 7.94. The number of piperidine rings is 1. The molecule has 1 atom stereocenters. The lowest BCUT2D eigenvalue weighted by Crippen LogP contribution is -2.45. The second-order valence-electron chi connectivity index (χ2n) is 8.68. The second kappa shape index (κ2) is 12.5. The zero-order valence-corrected chi connectivity index (χ0v) is 22.3. The van der Waals surface area contributed by atoms with E-state index in [1.165, 1.54) is 0 Å². The van der Waals surface area contributed by atoms with E-state index >= 15 is 0 Å². The number of thiophene rings is 1. The summed E-state index contributed by atoms with van der Waals surface area (Å²) in [7, 11) is 0. The minimum atomic E-state index is -1.28. The molecular weight excluding hydrogens is 553 g/mol. The van der Waals surface area contributed by atoms with Crippen LogP contribution in [-0.4, -0.2) is 53.8 Å². The summed E-state index contributed by atoms with van der Waals surface area (Å²) in [5.41, 5.74) is 1.83. The molecule has 1 aliphatic heterocycles. The summed E-state index contributed by atoms with van der Waals surface area (Å²) in [5.74, 6) is -2.85. The number of hydrogen-bond donors (Lipinski definition) is 5. The molecule has 4 rings (SSSR count). The molecule has 0 aliphatic carbocycles. The number of nitrogens with one attached hydrogen (secondary N) is 3. The fraction of sp³-hybridized carbons (Fsp3) is 0.269. The number of benzene rings is 2. The maximum Gasteiger partial charge on any atom is 0.349 e. The van der Waals surface area contributed by atoms with Crippen molar-refractivity contribution >= 4 is 63.8 Å². The standard InChI is InChI=1S/C26H25Cl2N3O6S/c27-16-4-2-6-18(12-16)31-25(34)21(14-7-9-29-10-8-14)30-17-5-1-3-15(11-17)23-20(28)22(37-13-19(32)33)24(38-23)26(35)36/h1-6,11-12,14,21,29-30H,7-10,13H2,(H,31,34)(H,32,33)(H,35,36). The zero-order chi connectivity index (χ0) is 27.2. The van der Waals surface area contributed by atoms with Gasteiger partial charge in [-0.3, -0.25) is 4.79 Å². The van der Waals surface area contributed by atoms with Crippen LogP contribution >= 0.6 is 34.5 Å². The normalized spacial score (nSPS) is 14.5. The molecule has 1 fully saturated rings. The zero-order valence-electron chi connectivity index (χ0n) is 20.0. The maximum absolute atomic E-state index is 13.4. The van der Waals surface area contributed by atoms with Crippen LogP contribution < -0.4 is 20.7 Å². The monoisotopic (exact) mass is 577 g/mol. The third-order valence-electron chi connectivity index (χ3n) is 6.02. The van der Waals surface area contributed by atoms with Gasteiger partial charge < -0.3 is 30.9 Å². The molecule has 200 valence electrons. The largest absolute Gasteiger partial charge is 0.479 e. The van der Waals surface area contributed by atoms with E-state index in [1.54, 1.807) is 42.5 Å². The molecule has 1 amide bonds. The molecule has 9 nitrogen and oxygen atoms in total. The van der Waals surface area contributed by atoms with Crippen LogP contribution in [0.2, 0.25) is 10.0 Å². The number of rotatable bonds is 10. The SMILES string of the molecule is O=C(O)COc1c(C(=O)O)sc(-c2cccc(NC(C(=O)Nc3cccc(Cl)c3)C3CCNCC3)c2)c1Cl. The van der Waals surface area contributed by atoms with Gasteiger partial charge in [-0.05, 0) is 67.7 Å². The van der Waals surface area contributed by atoms with Crippen LogP contribution in [0.5, 0.6) is 5.75 Å². The second-order valence-corrected chi connectivity index (χ2v) is 10.5. The lowest BCUT2D eigenvalue weighted by molar-refractivity contribution is -0.139. The summed E-state index contributed by atoms with van der Waals surface area (Å²) >= 11 is 13.4. The van der Waals surface area contributed by atoms with Gasteiger partial charge in [0.1, 0.15) is 11.1 Å². The lowest BCUT2D eigenvalue weighted by Gasteiger charge is -2.31.